The van der Waals surface area contributed by atoms with Gasteiger partial charge in [-0.25, -0.2) is 4.98 Å². The number of benzene rings is 8. The van der Waals surface area contributed by atoms with Gasteiger partial charge < -0.3 is 9.13 Å². The Morgan fingerprint density at radius 3 is 1.11 bits per heavy atom. The maximum atomic E-state index is 5.24. The van der Waals surface area contributed by atoms with Crippen molar-refractivity contribution >= 4 is 43.6 Å². The Hall–Kier alpha value is -7.49. The molecular weight excluding hydrogens is 679 g/mol. The fourth-order valence-electron chi connectivity index (χ4n) is 8.48. The van der Waals surface area contributed by atoms with Crippen LogP contribution >= 0.6 is 0 Å². The van der Waals surface area contributed by atoms with E-state index in [-0.39, 0.29) is 0 Å². The zero-order chi connectivity index (χ0) is 37.0. The molecule has 11 aromatic rings. The lowest BCUT2D eigenvalue weighted by Gasteiger charge is -2.11. The molecule has 0 amide bonds. The van der Waals surface area contributed by atoms with Gasteiger partial charge in [-0.2, -0.15) is 0 Å². The molecule has 0 saturated carbocycles. The molecule has 0 aliphatic rings. The normalized spacial score (nSPS) is 11.6. The average Bonchev–Trinajstić information content (AvgIpc) is 3.79. The molecule has 3 aromatic heterocycles. The second-order valence-corrected chi connectivity index (χ2v) is 14.4. The van der Waals surface area contributed by atoms with Crippen LogP contribution in [0.15, 0.2) is 212 Å². The lowest BCUT2D eigenvalue weighted by atomic mass is 9.99. The first kappa shape index (κ1) is 32.0. The number of nitrogens with zero attached hydrogens (tertiary/aromatic N) is 3. The Morgan fingerprint density at radius 2 is 0.625 bits per heavy atom. The van der Waals surface area contributed by atoms with Crippen LogP contribution in [0.4, 0.5) is 0 Å². The van der Waals surface area contributed by atoms with Crippen molar-refractivity contribution in [2.24, 2.45) is 0 Å². The lowest BCUT2D eigenvalue weighted by molar-refractivity contribution is 1.18. The first-order chi connectivity index (χ1) is 27.8. The second-order valence-electron chi connectivity index (χ2n) is 14.4. The van der Waals surface area contributed by atoms with Crippen molar-refractivity contribution in [3.05, 3.63) is 212 Å². The van der Waals surface area contributed by atoms with Crippen LogP contribution in [-0.2, 0) is 0 Å². The summed E-state index contributed by atoms with van der Waals surface area (Å²) in [7, 11) is 0. The summed E-state index contributed by atoms with van der Waals surface area (Å²) in [5.41, 5.74) is 15.9. The smallest absolute Gasteiger partial charge is 0.0709 e. The highest BCUT2D eigenvalue weighted by Gasteiger charge is 2.15. The zero-order valence-corrected chi connectivity index (χ0v) is 30.5. The second kappa shape index (κ2) is 13.1. The van der Waals surface area contributed by atoms with Gasteiger partial charge in [-0.15, -0.1) is 0 Å². The summed E-state index contributed by atoms with van der Waals surface area (Å²) in [5.74, 6) is 0. The minimum Gasteiger partial charge on any atom is -0.309 e. The third-order valence-corrected chi connectivity index (χ3v) is 11.1. The van der Waals surface area contributed by atoms with Gasteiger partial charge in [0.05, 0.1) is 33.5 Å². The zero-order valence-electron chi connectivity index (χ0n) is 30.5. The van der Waals surface area contributed by atoms with Crippen LogP contribution in [0.2, 0.25) is 0 Å². The maximum Gasteiger partial charge on any atom is 0.0709 e. The molecule has 0 atom stereocenters. The number of hydrogen-bond acceptors (Lipinski definition) is 1. The molecule has 0 fully saturated rings. The summed E-state index contributed by atoms with van der Waals surface area (Å²) in [6.45, 7) is 0. The van der Waals surface area contributed by atoms with E-state index in [1.54, 1.807) is 0 Å². The number of rotatable bonds is 6. The van der Waals surface area contributed by atoms with E-state index in [4.69, 9.17) is 4.98 Å². The first-order valence-corrected chi connectivity index (χ1v) is 19.1. The minimum absolute atomic E-state index is 0.947. The minimum atomic E-state index is 0.947. The fraction of sp³-hybridized carbons (Fsp3) is 0. The predicted octanol–water partition coefficient (Wildman–Crippen LogP) is 13.9. The molecule has 8 aromatic carbocycles. The summed E-state index contributed by atoms with van der Waals surface area (Å²) < 4.78 is 4.75. The SMILES string of the molecule is c1ccc(-n2c3ccccc3c3ccc(-c4cccc(-c5cccc(-c6cccc(-c7ccc8c9ccccc9n(-c9ccccc9)c8c7)c6)n5)c4)cc32)cc1. The topological polar surface area (TPSA) is 22.8 Å². The van der Waals surface area contributed by atoms with Crippen LogP contribution < -0.4 is 0 Å². The van der Waals surface area contributed by atoms with Crippen molar-refractivity contribution in [3.63, 3.8) is 0 Å². The first-order valence-electron chi connectivity index (χ1n) is 19.1. The molecule has 56 heavy (non-hydrogen) atoms. The van der Waals surface area contributed by atoms with Crippen molar-refractivity contribution in [2.75, 3.05) is 0 Å². The molecule has 0 aliphatic heterocycles. The Labute approximate surface area is 325 Å². The van der Waals surface area contributed by atoms with Gasteiger partial charge in [0, 0.05) is 44.0 Å². The van der Waals surface area contributed by atoms with Crippen LogP contribution in [0.5, 0.6) is 0 Å². The molecule has 0 N–H and O–H groups in total. The van der Waals surface area contributed by atoms with Gasteiger partial charge >= 0.3 is 0 Å². The summed E-state index contributed by atoms with van der Waals surface area (Å²) in [5, 5.41) is 5.01. The Bertz CT molecular complexity index is 3030. The summed E-state index contributed by atoms with van der Waals surface area (Å²) in [4.78, 5) is 5.24. The van der Waals surface area contributed by atoms with Crippen molar-refractivity contribution in [1.29, 1.82) is 0 Å². The van der Waals surface area contributed by atoms with E-state index in [0.29, 0.717) is 0 Å². The fourth-order valence-corrected chi connectivity index (χ4v) is 8.48. The molecule has 0 radical (unpaired) electrons. The number of fused-ring (bicyclic) bond motifs is 6. The van der Waals surface area contributed by atoms with Gasteiger partial charge in [0.1, 0.15) is 0 Å². The number of aromatic nitrogens is 3. The van der Waals surface area contributed by atoms with E-state index < -0.39 is 0 Å². The third-order valence-electron chi connectivity index (χ3n) is 11.1. The van der Waals surface area contributed by atoms with Crippen LogP contribution in [0, 0.1) is 0 Å². The van der Waals surface area contributed by atoms with Crippen molar-refractivity contribution < 1.29 is 0 Å². The molecule has 0 bridgehead atoms. The van der Waals surface area contributed by atoms with E-state index in [0.717, 1.165) is 45.0 Å². The van der Waals surface area contributed by atoms with E-state index in [2.05, 4.69) is 221 Å². The molecule has 0 saturated heterocycles. The van der Waals surface area contributed by atoms with Gasteiger partial charge in [0.15, 0.2) is 0 Å². The van der Waals surface area contributed by atoms with Gasteiger partial charge in [-0.3, -0.25) is 0 Å². The van der Waals surface area contributed by atoms with Crippen molar-refractivity contribution in [2.45, 2.75) is 0 Å². The highest BCUT2D eigenvalue weighted by Crippen LogP contribution is 2.38. The van der Waals surface area contributed by atoms with Crippen LogP contribution in [0.3, 0.4) is 0 Å². The van der Waals surface area contributed by atoms with Gasteiger partial charge in [-0.1, -0.05) is 140 Å². The van der Waals surface area contributed by atoms with Gasteiger partial charge in [0.2, 0.25) is 0 Å². The summed E-state index contributed by atoms with van der Waals surface area (Å²) in [6.07, 6.45) is 0. The highest BCUT2D eigenvalue weighted by atomic mass is 15.0. The Balaban J connectivity index is 0.958. The van der Waals surface area contributed by atoms with E-state index in [1.807, 2.05) is 0 Å². The standard InChI is InChI=1S/C53H35N3/c1-3-18-42(19-4-1)55-50-26-9-7-22-44(50)46-30-28-38(34-52(46)55)36-14-11-16-40(32-36)48-24-13-25-49(54-48)41-17-12-15-37(33-41)39-29-31-47-45-23-8-10-27-51(45)56(53(47)35-39)43-20-5-2-6-21-43/h1-35H. The highest BCUT2D eigenvalue weighted by molar-refractivity contribution is 6.11. The Morgan fingerprint density at radius 1 is 0.250 bits per heavy atom. The van der Waals surface area contributed by atoms with Crippen LogP contribution in [0.25, 0.3) is 99.8 Å². The summed E-state index contributed by atoms with van der Waals surface area (Å²) >= 11 is 0. The third kappa shape index (κ3) is 5.32. The predicted molar refractivity (Wildman–Crippen MR) is 235 cm³/mol. The van der Waals surface area contributed by atoms with Gasteiger partial charge in [-0.05, 0) is 95.1 Å². The number of hydrogen-bond donors (Lipinski definition) is 0. The van der Waals surface area contributed by atoms with Crippen LogP contribution in [0.1, 0.15) is 0 Å². The molecule has 262 valence electrons. The van der Waals surface area contributed by atoms with Crippen molar-refractivity contribution in [1.82, 2.24) is 14.1 Å². The molecule has 0 unspecified atom stereocenters. The lowest BCUT2D eigenvalue weighted by Crippen LogP contribution is -1.93. The van der Waals surface area contributed by atoms with Crippen molar-refractivity contribution in [3.8, 4) is 56.1 Å². The Kier molecular flexibility index (Phi) is 7.49. The molecule has 3 heteroatoms. The monoisotopic (exact) mass is 713 g/mol. The van der Waals surface area contributed by atoms with E-state index in [1.165, 1.54) is 54.7 Å². The molecule has 11 rings (SSSR count). The van der Waals surface area contributed by atoms with E-state index >= 15 is 0 Å². The van der Waals surface area contributed by atoms with Crippen LogP contribution in [-0.4, -0.2) is 14.1 Å². The summed E-state index contributed by atoms with van der Waals surface area (Å²) in [6, 6.07) is 76.1. The molecule has 0 aliphatic carbocycles. The quantitative estimate of drug-likeness (QED) is 0.168. The molecular formula is C53H35N3. The van der Waals surface area contributed by atoms with Gasteiger partial charge in [0.25, 0.3) is 0 Å². The molecule has 3 heterocycles. The van der Waals surface area contributed by atoms with E-state index in [9.17, 15) is 0 Å². The number of para-hydroxylation sites is 4. The average molecular weight is 714 g/mol. The largest absolute Gasteiger partial charge is 0.309 e. The maximum absolute atomic E-state index is 5.24. The molecule has 0 spiro atoms. The number of pyridine rings is 1. The molecule has 3 nitrogen and oxygen atoms in total.